The summed E-state index contributed by atoms with van der Waals surface area (Å²) in [6.45, 7) is 2.97. The van der Waals surface area contributed by atoms with E-state index in [1.165, 1.54) is 6.33 Å². The summed E-state index contributed by atoms with van der Waals surface area (Å²) in [5.41, 5.74) is 4.09. The van der Waals surface area contributed by atoms with E-state index in [0.717, 1.165) is 22.5 Å². The van der Waals surface area contributed by atoms with Crippen molar-refractivity contribution in [3.63, 3.8) is 0 Å². The predicted molar refractivity (Wildman–Crippen MR) is 126 cm³/mol. The molecule has 32 heavy (non-hydrogen) atoms. The topological polar surface area (TPSA) is 54.3 Å². The fourth-order valence-corrected chi connectivity index (χ4v) is 3.63. The first-order valence-electron chi connectivity index (χ1n) is 10.7. The highest BCUT2D eigenvalue weighted by Gasteiger charge is 2.21. The summed E-state index contributed by atoms with van der Waals surface area (Å²) in [6, 6.07) is 28.2. The lowest BCUT2D eigenvalue weighted by Gasteiger charge is -2.29. The van der Waals surface area contributed by atoms with Crippen LogP contribution in [0.2, 0.25) is 0 Å². The molecule has 4 rings (SSSR count). The number of benzene rings is 3. The Morgan fingerprint density at radius 1 is 0.938 bits per heavy atom. The van der Waals surface area contributed by atoms with Crippen molar-refractivity contribution in [1.29, 1.82) is 0 Å². The smallest absolute Gasteiger partial charge is 0.241 e. The van der Waals surface area contributed by atoms with E-state index in [1.54, 1.807) is 11.0 Å². The Labute approximate surface area is 188 Å². The van der Waals surface area contributed by atoms with Crippen molar-refractivity contribution in [2.24, 2.45) is 0 Å². The Bertz CT molecular complexity index is 1110. The van der Waals surface area contributed by atoms with Gasteiger partial charge in [0.25, 0.3) is 0 Å². The molecule has 1 amide bonds. The second-order valence-electron chi connectivity index (χ2n) is 7.82. The maximum Gasteiger partial charge on any atom is 0.241 e. The maximum absolute atomic E-state index is 13.4. The Kier molecular flexibility index (Phi) is 6.72. The van der Waals surface area contributed by atoms with E-state index in [0.29, 0.717) is 13.1 Å². The number of hydrogen-bond donors (Lipinski definition) is 0. The van der Waals surface area contributed by atoms with Gasteiger partial charge in [-0.1, -0.05) is 60.7 Å². The lowest BCUT2D eigenvalue weighted by molar-refractivity contribution is -0.120. The van der Waals surface area contributed by atoms with Gasteiger partial charge >= 0.3 is 0 Å². The number of rotatable bonds is 8. The number of nitrogens with zero attached hydrogens (tertiary/aromatic N) is 5. The number of carbonyl (C=O) groups is 1. The monoisotopic (exact) mass is 425 g/mol. The van der Waals surface area contributed by atoms with E-state index in [9.17, 15) is 4.79 Å². The van der Waals surface area contributed by atoms with Crippen molar-refractivity contribution < 1.29 is 4.79 Å². The van der Waals surface area contributed by atoms with E-state index in [4.69, 9.17) is 0 Å². The highest BCUT2D eigenvalue weighted by atomic mass is 16.2. The van der Waals surface area contributed by atoms with Crippen LogP contribution in [0, 0.1) is 0 Å². The average Bonchev–Trinajstić information content (AvgIpc) is 3.38. The summed E-state index contributed by atoms with van der Waals surface area (Å²) >= 11 is 0. The van der Waals surface area contributed by atoms with Crippen LogP contribution >= 0.6 is 0 Å². The number of anilines is 1. The number of likely N-dealkylation sites (N-methyl/N-ethyl adjacent to an activating group) is 1. The molecule has 0 aliphatic carbocycles. The highest BCUT2D eigenvalue weighted by molar-refractivity contribution is 5.94. The summed E-state index contributed by atoms with van der Waals surface area (Å²) in [6.07, 6.45) is 3.19. The molecule has 162 valence electrons. The number of para-hydroxylation sites is 1. The van der Waals surface area contributed by atoms with E-state index in [1.807, 2.05) is 84.7 Å². The molecule has 0 N–H and O–H groups in total. The first-order chi connectivity index (χ1) is 15.6. The second-order valence-corrected chi connectivity index (χ2v) is 7.82. The summed E-state index contributed by atoms with van der Waals surface area (Å²) in [7, 11) is 1.99. The molecule has 1 atom stereocenters. The minimum atomic E-state index is 0.0636. The number of hydrogen-bond acceptors (Lipinski definition) is 4. The van der Waals surface area contributed by atoms with Gasteiger partial charge in [-0.15, -0.1) is 0 Å². The average molecular weight is 426 g/mol. The van der Waals surface area contributed by atoms with Gasteiger partial charge in [-0.2, -0.15) is 5.10 Å². The lowest BCUT2D eigenvalue weighted by Crippen LogP contribution is -2.39. The van der Waals surface area contributed by atoms with E-state index in [2.05, 4.69) is 34.0 Å². The number of carbonyl (C=O) groups excluding carboxylic acids is 1. The molecule has 6 heteroatoms. The Balaban J connectivity index is 1.47. The predicted octanol–water partition coefficient (Wildman–Crippen LogP) is 4.49. The zero-order valence-corrected chi connectivity index (χ0v) is 18.4. The van der Waals surface area contributed by atoms with Gasteiger partial charge in [0.1, 0.15) is 12.7 Å². The first kappa shape index (κ1) is 21.5. The van der Waals surface area contributed by atoms with Gasteiger partial charge in [-0.05, 0) is 49.4 Å². The van der Waals surface area contributed by atoms with Crippen LogP contribution in [0.25, 0.3) is 5.69 Å². The molecule has 0 spiro atoms. The Morgan fingerprint density at radius 3 is 2.22 bits per heavy atom. The molecule has 1 heterocycles. The quantitative estimate of drug-likeness (QED) is 0.417. The molecule has 3 aromatic carbocycles. The Hall–Kier alpha value is -3.77. The fraction of sp³-hybridized carbons (Fsp3) is 0.192. The third-order valence-corrected chi connectivity index (χ3v) is 5.66. The molecule has 1 unspecified atom stereocenters. The molecule has 4 aromatic rings. The summed E-state index contributed by atoms with van der Waals surface area (Å²) < 4.78 is 1.73. The molecule has 0 aliphatic heterocycles. The summed E-state index contributed by atoms with van der Waals surface area (Å²) in [5.74, 6) is 0.0636. The van der Waals surface area contributed by atoms with Gasteiger partial charge in [0.05, 0.1) is 18.8 Å². The van der Waals surface area contributed by atoms with Gasteiger partial charge in [-0.3, -0.25) is 9.69 Å². The molecule has 0 aliphatic rings. The van der Waals surface area contributed by atoms with Crippen LogP contribution in [-0.2, 0) is 11.3 Å². The van der Waals surface area contributed by atoms with Crippen LogP contribution < -0.4 is 4.90 Å². The van der Waals surface area contributed by atoms with Crippen molar-refractivity contribution in [2.75, 3.05) is 18.5 Å². The Morgan fingerprint density at radius 2 is 1.59 bits per heavy atom. The normalized spacial score (nSPS) is 12.0. The fourth-order valence-electron chi connectivity index (χ4n) is 3.63. The van der Waals surface area contributed by atoms with Crippen molar-refractivity contribution in [1.82, 2.24) is 19.7 Å². The molecule has 0 fully saturated rings. The van der Waals surface area contributed by atoms with E-state index < -0.39 is 0 Å². The zero-order valence-electron chi connectivity index (χ0n) is 18.4. The van der Waals surface area contributed by atoms with Gasteiger partial charge in [-0.25, -0.2) is 9.67 Å². The number of aromatic nitrogens is 3. The van der Waals surface area contributed by atoms with Crippen molar-refractivity contribution in [2.45, 2.75) is 19.5 Å². The van der Waals surface area contributed by atoms with Crippen LogP contribution in [0.3, 0.4) is 0 Å². The minimum absolute atomic E-state index is 0.0636. The molecule has 0 radical (unpaired) electrons. The third-order valence-electron chi connectivity index (χ3n) is 5.66. The minimum Gasteiger partial charge on any atom is -0.307 e. The van der Waals surface area contributed by atoms with Crippen LogP contribution in [0.4, 0.5) is 5.69 Å². The maximum atomic E-state index is 13.4. The summed E-state index contributed by atoms with van der Waals surface area (Å²) in [5, 5.41) is 4.16. The SMILES string of the molecule is CC(c1ccc(-n2cncn2)cc1)N(C)CC(=O)N(Cc1ccccc1)c1ccccc1. The standard InChI is InChI=1S/C26H27N5O/c1-21(23-13-15-25(16-14-23)31-20-27-19-28-31)29(2)18-26(32)30(24-11-7-4-8-12-24)17-22-9-5-3-6-10-22/h3-16,19-21H,17-18H2,1-2H3. The lowest BCUT2D eigenvalue weighted by atomic mass is 10.1. The van der Waals surface area contributed by atoms with Crippen LogP contribution in [0.15, 0.2) is 97.6 Å². The first-order valence-corrected chi connectivity index (χ1v) is 10.7. The largest absolute Gasteiger partial charge is 0.307 e. The van der Waals surface area contributed by atoms with E-state index in [-0.39, 0.29) is 11.9 Å². The van der Waals surface area contributed by atoms with Crippen molar-refractivity contribution >= 4 is 11.6 Å². The third kappa shape index (κ3) is 5.10. The van der Waals surface area contributed by atoms with Gasteiger partial charge in [0.15, 0.2) is 0 Å². The molecule has 0 bridgehead atoms. The zero-order chi connectivity index (χ0) is 22.3. The van der Waals surface area contributed by atoms with Gasteiger partial charge in [0.2, 0.25) is 5.91 Å². The number of amides is 1. The molecule has 0 saturated carbocycles. The molecule has 0 saturated heterocycles. The van der Waals surface area contributed by atoms with Crippen molar-refractivity contribution in [3.8, 4) is 5.69 Å². The second kappa shape index (κ2) is 10.0. The molecular weight excluding hydrogens is 398 g/mol. The van der Waals surface area contributed by atoms with Gasteiger partial charge in [0, 0.05) is 11.7 Å². The van der Waals surface area contributed by atoms with Crippen LogP contribution in [-0.4, -0.2) is 39.2 Å². The van der Waals surface area contributed by atoms with Crippen molar-refractivity contribution in [3.05, 3.63) is 109 Å². The molecular formula is C26H27N5O. The van der Waals surface area contributed by atoms with Crippen LogP contribution in [0.5, 0.6) is 0 Å². The molecule has 6 nitrogen and oxygen atoms in total. The molecule has 1 aromatic heterocycles. The summed E-state index contributed by atoms with van der Waals surface area (Å²) in [4.78, 5) is 21.3. The van der Waals surface area contributed by atoms with E-state index >= 15 is 0 Å². The van der Waals surface area contributed by atoms with Crippen LogP contribution in [0.1, 0.15) is 24.1 Å². The highest BCUT2D eigenvalue weighted by Crippen LogP contribution is 2.22. The van der Waals surface area contributed by atoms with Gasteiger partial charge < -0.3 is 4.90 Å².